The van der Waals surface area contributed by atoms with E-state index in [9.17, 15) is 4.79 Å². The van der Waals surface area contributed by atoms with Crippen molar-refractivity contribution in [2.75, 3.05) is 13.1 Å². The predicted molar refractivity (Wildman–Crippen MR) is 99.2 cm³/mol. The number of carbonyl (C=O) groups excluding carboxylic acids is 1. The Morgan fingerprint density at radius 1 is 1.27 bits per heavy atom. The molecule has 1 atom stereocenters. The van der Waals surface area contributed by atoms with Crippen LogP contribution in [0.3, 0.4) is 0 Å². The van der Waals surface area contributed by atoms with Crippen LogP contribution < -0.4 is 5.73 Å². The number of aromatic nitrogens is 4. The van der Waals surface area contributed by atoms with Crippen molar-refractivity contribution >= 4 is 5.91 Å². The van der Waals surface area contributed by atoms with Gasteiger partial charge in [0.25, 0.3) is 0 Å². The third kappa shape index (κ3) is 3.62. The second kappa shape index (κ2) is 7.53. The maximum Gasteiger partial charge on any atom is 0.220 e. The number of tetrazole rings is 1. The van der Waals surface area contributed by atoms with Crippen molar-refractivity contribution in [1.29, 1.82) is 0 Å². The van der Waals surface area contributed by atoms with Crippen LogP contribution in [-0.2, 0) is 10.3 Å². The normalized spacial score (nSPS) is 18.0. The Hall–Kier alpha value is -2.28. The molecule has 1 aliphatic heterocycles. The third-order valence-electron chi connectivity index (χ3n) is 5.59. The molecule has 1 amide bonds. The summed E-state index contributed by atoms with van der Waals surface area (Å²) in [5.41, 5.74) is 6.49. The average molecular weight is 356 g/mol. The minimum Gasteiger partial charge on any atom is -0.369 e. The first-order valence-electron chi connectivity index (χ1n) is 9.31. The number of piperidine rings is 1. The molecule has 0 aliphatic carbocycles. The molecule has 3 rings (SSSR count). The Labute approximate surface area is 154 Å². The van der Waals surface area contributed by atoms with E-state index in [1.165, 1.54) is 0 Å². The molecule has 7 heteroatoms. The Bertz CT molecular complexity index is 733. The summed E-state index contributed by atoms with van der Waals surface area (Å²) in [6.07, 6.45) is 2.48. The fourth-order valence-corrected chi connectivity index (χ4v) is 3.55. The molecule has 0 radical (unpaired) electrons. The molecule has 2 aromatic rings. The lowest BCUT2D eigenvalue weighted by Gasteiger charge is -2.37. The number of nitrogens with zero attached hydrogens (tertiary/aromatic N) is 5. The van der Waals surface area contributed by atoms with Gasteiger partial charge in [-0.3, -0.25) is 9.69 Å². The highest BCUT2D eigenvalue weighted by molar-refractivity contribution is 5.76. The highest BCUT2D eigenvalue weighted by Crippen LogP contribution is 2.33. The summed E-state index contributed by atoms with van der Waals surface area (Å²) in [5, 5.41) is 12.7. The van der Waals surface area contributed by atoms with Gasteiger partial charge in [-0.1, -0.05) is 37.3 Å². The van der Waals surface area contributed by atoms with Crippen molar-refractivity contribution < 1.29 is 4.79 Å². The Morgan fingerprint density at radius 3 is 2.50 bits per heavy atom. The SMILES string of the molecule is CCC(C)(C)n1nnnc1C(c1ccccc1)N1CCC(C(N)=O)CC1. The van der Waals surface area contributed by atoms with Gasteiger partial charge in [-0.15, -0.1) is 5.10 Å². The largest absolute Gasteiger partial charge is 0.369 e. The van der Waals surface area contributed by atoms with E-state index in [-0.39, 0.29) is 23.4 Å². The summed E-state index contributed by atoms with van der Waals surface area (Å²) in [6.45, 7) is 8.03. The number of amides is 1. The van der Waals surface area contributed by atoms with Gasteiger partial charge in [-0.05, 0) is 62.2 Å². The lowest BCUT2D eigenvalue weighted by atomic mass is 9.93. The van der Waals surface area contributed by atoms with E-state index in [0.29, 0.717) is 0 Å². The molecule has 1 aromatic heterocycles. The van der Waals surface area contributed by atoms with E-state index in [1.54, 1.807) is 0 Å². The lowest BCUT2D eigenvalue weighted by molar-refractivity contribution is -0.123. The van der Waals surface area contributed by atoms with Gasteiger partial charge < -0.3 is 5.73 Å². The van der Waals surface area contributed by atoms with Gasteiger partial charge in [0.05, 0.1) is 11.6 Å². The number of hydrogen-bond donors (Lipinski definition) is 1. The van der Waals surface area contributed by atoms with Gasteiger partial charge in [-0.25, -0.2) is 4.68 Å². The first kappa shape index (κ1) is 18.5. The summed E-state index contributed by atoms with van der Waals surface area (Å²) >= 11 is 0. The number of primary amides is 1. The molecular weight excluding hydrogens is 328 g/mol. The van der Waals surface area contributed by atoms with Gasteiger partial charge in [0.1, 0.15) is 0 Å². The lowest BCUT2D eigenvalue weighted by Crippen LogP contribution is -2.42. The van der Waals surface area contributed by atoms with E-state index in [0.717, 1.165) is 43.7 Å². The van der Waals surface area contributed by atoms with Crippen molar-refractivity contribution in [3.8, 4) is 0 Å². The van der Waals surface area contributed by atoms with Gasteiger partial charge in [0.15, 0.2) is 5.82 Å². The van der Waals surface area contributed by atoms with Crippen LogP contribution in [0.2, 0.25) is 0 Å². The minimum atomic E-state index is -0.196. The zero-order valence-electron chi connectivity index (χ0n) is 15.8. The van der Waals surface area contributed by atoms with Crippen LogP contribution in [0.4, 0.5) is 0 Å². The van der Waals surface area contributed by atoms with Crippen molar-refractivity contribution in [1.82, 2.24) is 25.1 Å². The molecule has 1 unspecified atom stereocenters. The Balaban J connectivity index is 1.97. The summed E-state index contributed by atoms with van der Waals surface area (Å²) in [5.74, 6) is 0.615. The van der Waals surface area contributed by atoms with Crippen LogP contribution in [0.5, 0.6) is 0 Å². The predicted octanol–water partition coefficient (Wildman–Crippen LogP) is 2.10. The second-order valence-electron chi connectivity index (χ2n) is 7.64. The Morgan fingerprint density at radius 2 is 1.92 bits per heavy atom. The summed E-state index contributed by atoms with van der Waals surface area (Å²) < 4.78 is 1.95. The summed E-state index contributed by atoms with van der Waals surface area (Å²) in [7, 11) is 0. The molecule has 1 aliphatic rings. The molecule has 140 valence electrons. The smallest absolute Gasteiger partial charge is 0.220 e. The molecule has 1 saturated heterocycles. The van der Waals surface area contributed by atoms with Crippen LogP contribution in [-0.4, -0.2) is 44.1 Å². The van der Waals surface area contributed by atoms with Crippen molar-refractivity contribution in [3.05, 3.63) is 41.7 Å². The average Bonchev–Trinajstić information content (AvgIpc) is 3.13. The van der Waals surface area contributed by atoms with Gasteiger partial charge in [0.2, 0.25) is 5.91 Å². The maximum atomic E-state index is 11.5. The molecule has 0 spiro atoms. The van der Waals surface area contributed by atoms with Gasteiger partial charge >= 0.3 is 0 Å². The Kier molecular flexibility index (Phi) is 5.36. The molecule has 0 bridgehead atoms. The first-order valence-corrected chi connectivity index (χ1v) is 9.31. The fraction of sp³-hybridized carbons (Fsp3) is 0.579. The number of nitrogens with two attached hydrogens (primary N) is 1. The maximum absolute atomic E-state index is 11.5. The number of carbonyl (C=O) groups is 1. The third-order valence-corrected chi connectivity index (χ3v) is 5.59. The van der Waals surface area contributed by atoms with E-state index in [4.69, 9.17) is 5.73 Å². The van der Waals surface area contributed by atoms with Crippen LogP contribution in [0.1, 0.15) is 57.5 Å². The van der Waals surface area contributed by atoms with E-state index < -0.39 is 0 Å². The minimum absolute atomic E-state index is 0.0362. The molecule has 7 nitrogen and oxygen atoms in total. The molecule has 26 heavy (non-hydrogen) atoms. The monoisotopic (exact) mass is 356 g/mol. The first-order chi connectivity index (χ1) is 12.4. The van der Waals surface area contributed by atoms with Crippen molar-refractivity contribution in [3.63, 3.8) is 0 Å². The molecular formula is C19H28N6O. The van der Waals surface area contributed by atoms with Gasteiger partial charge in [-0.2, -0.15) is 0 Å². The van der Waals surface area contributed by atoms with Gasteiger partial charge in [0, 0.05) is 5.92 Å². The highest BCUT2D eigenvalue weighted by Gasteiger charge is 2.35. The van der Waals surface area contributed by atoms with Crippen LogP contribution in [0.15, 0.2) is 30.3 Å². The molecule has 2 N–H and O–H groups in total. The molecule has 1 aromatic carbocycles. The standard InChI is InChI=1S/C19H28N6O/c1-4-19(2,3)25-18(21-22-23-25)16(14-8-6-5-7-9-14)24-12-10-15(11-13-24)17(20)26/h5-9,15-16H,4,10-13H2,1-3H3,(H2,20,26). The second-order valence-corrected chi connectivity index (χ2v) is 7.64. The highest BCUT2D eigenvalue weighted by atomic mass is 16.1. The van der Waals surface area contributed by atoms with Crippen molar-refractivity contribution in [2.24, 2.45) is 11.7 Å². The molecule has 0 saturated carbocycles. The zero-order chi connectivity index (χ0) is 18.7. The number of hydrogen-bond acceptors (Lipinski definition) is 5. The summed E-state index contributed by atoms with van der Waals surface area (Å²) in [6, 6.07) is 10.3. The van der Waals surface area contributed by atoms with E-state index in [2.05, 4.69) is 53.3 Å². The topological polar surface area (TPSA) is 89.9 Å². The summed E-state index contributed by atoms with van der Waals surface area (Å²) in [4.78, 5) is 13.9. The van der Waals surface area contributed by atoms with Crippen molar-refractivity contribution in [2.45, 2.75) is 51.6 Å². The fourth-order valence-electron chi connectivity index (χ4n) is 3.55. The van der Waals surface area contributed by atoms with E-state index in [1.807, 2.05) is 22.9 Å². The zero-order valence-corrected chi connectivity index (χ0v) is 15.8. The van der Waals surface area contributed by atoms with Crippen LogP contribution >= 0.6 is 0 Å². The number of likely N-dealkylation sites (tertiary alicyclic amines) is 1. The number of rotatable bonds is 6. The van der Waals surface area contributed by atoms with E-state index >= 15 is 0 Å². The van der Waals surface area contributed by atoms with Crippen LogP contribution in [0, 0.1) is 5.92 Å². The van der Waals surface area contributed by atoms with Crippen LogP contribution in [0.25, 0.3) is 0 Å². The molecule has 1 fully saturated rings. The quantitative estimate of drug-likeness (QED) is 0.856. The number of benzene rings is 1. The molecule has 2 heterocycles.